The van der Waals surface area contributed by atoms with E-state index in [-0.39, 0.29) is 29.1 Å². The normalized spacial score (nSPS) is 11.5. The highest BCUT2D eigenvalue weighted by Crippen LogP contribution is 2.24. The van der Waals surface area contributed by atoms with Crippen LogP contribution in [-0.2, 0) is 4.79 Å². The lowest BCUT2D eigenvalue weighted by atomic mass is 10.1. The van der Waals surface area contributed by atoms with E-state index in [4.69, 9.17) is 27.9 Å². The van der Waals surface area contributed by atoms with Gasteiger partial charge in [0.2, 0.25) is 5.91 Å². The maximum atomic E-state index is 12.1. The molecule has 0 aliphatic carbocycles. The van der Waals surface area contributed by atoms with Gasteiger partial charge in [-0.3, -0.25) is 9.59 Å². The highest BCUT2D eigenvalue weighted by molar-refractivity contribution is 6.36. The predicted octanol–water partition coefficient (Wildman–Crippen LogP) is 3.61. The molecule has 0 aliphatic heterocycles. The Labute approximate surface area is 156 Å². The maximum Gasteiger partial charge on any atom is 0.253 e. The maximum absolute atomic E-state index is 12.1. The first-order valence-electron chi connectivity index (χ1n) is 7.58. The van der Waals surface area contributed by atoms with Crippen molar-refractivity contribution >= 4 is 35.0 Å². The predicted molar refractivity (Wildman–Crippen MR) is 98.3 cm³/mol. The summed E-state index contributed by atoms with van der Waals surface area (Å²) in [6, 6.07) is 11.7. The number of amides is 2. The Balaban J connectivity index is 1.93. The van der Waals surface area contributed by atoms with Crippen molar-refractivity contribution in [3.63, 3.8) is 0 Å². The zero-order chi connectivity index (χ0) is 18.4. The van der Waals surface area contributed by atoms with Crippen molar-refractivity contribution in [3.05, 3.63) is 63.6 Å². The topological polar surface area (TPSA) is 67.4 Å². The minimum Gasteiger partial charge on any atom is -0.496 e. The summed E-state index contributed by atoms with van der Waals surface area (Å²) in [5.74, 6) is -0.0779. The third-order valence-electron chi connectivity index (χ3n) is 3.57. The number of benzene rings is 2. The molecule has 1 unspecified atom stereocenters. The average molecular weight is 381 g/mol. The summed E-state index contributed by atoms with van der Waals surface area (Å²) in [5, 5.41) is 6.01. The van der Waals surface area contributed by atoms with Crippen molar-refractivity contribution in [1.29, 1.82) is 0 Å². The molecule has 132 valence electrons. The van der Waals surface area contributed by atoms with Gasteiger partial charge in [0.1, 0.15) is 5.75 Å². The molecular weight excluding hydrogens is 363 g/mol. The van der Waals surface area contributed by atoms with Gasteiger partial charge in [0.25, 0.3) is 5.91 Å². The number of ether oxygens (including phenoxy) is 1. The molecule has 25 heavy (non-hydrogen) atoms. The quantitative estimate of drug-likeness (QED) is 0.804. The fourth-order valence-electron chi connectivity index (χ4n) is 2.32. The first kappa shape index (κ1) is 19.1. The standard InChI is InChI=1S/C18H18Cl2N2O3/c1-11(13-5-3-4-6-16(13)25-2)22-17(23)10-21-18(24)14-8-7-12(19)9-15(14)20/h3-9,11H,10H2,1-2H3,(H,21,24)(H,22,23). The molecule has 0 radical (unpaired) electrons. The van der Waals surface area contributed by atoms with E-state index in [1.165, 1.54) is 12.1 Å². The molecule has 0 heterocycles. The van der Waals surface area contributed by atoms with Gasteiger partial charge in [-0.2, -0.15) is 0 Å². The third-order valence-corrected chi connectivity index (χ3v) is 4.12. The minimum atomic E-state index is -0.443. The van der Waals surface area contributed by atoms with Crippen molar-refractivity contribution in [2.75, 3.05) is 13.7 Å². The van der Waals surface area contributed by atoms with Crippen molar-refractivity contribution < 1.29 is 14.3 Å². The second-order valence-corrected chi connectivity index (χ2v) is 6.18. The molecule has 7 heteroatoms. The fraction of sp³-hybridized carbons (Fsp3) is 0.222. The molecule has 2 aromatic rings. The number of nitrogens with one attached hydrogen (secondary N) is 2. The van der Waals surface area contributed by atoms with E-state index < -0.39 is 5.91 Å². The molecule has 0 saturated carbocycles. The van der Waals surface area contributed by atoms with E-state index in [1.807, 2.05) is 31.2 Å². The van der Waals surface area contributed by atoms with Gasteiger partial charge in [0, 0.05) is 10.6 Å². The van der Waals surface area contributed by atoms with Crippen molar-refractivity contribution in [3.8, 4) is 5.75 Å². The second kappa shape index (κ2) is 8.74. The summed E-state index contributed by atoms with van der Waals surface area (Å²) in [7, 11) is 1.57. The molecular formula is C18H18Cl2N2O3. The second-order valence-electron chi connectivity index (χ2n) is 5.34. The number of rotatable bonds is 6. The van der Waals surface area contributed by atoms with Crippen molar-refractivity contribution in [2.45, 2.75) is 13.0 Å². The molecule has 0 aliphatic rings. The van der Waals surface area contributed by atoms with E-state index in [0.29, 0.717) is 10.8 Å². The van der Waals surface area contributed by atoms with Gasteiger partial charge in [0.15, 0.2) is 0 Å². The van der Waals surface area contributed by atoms with Gasteiger partial charge in [-0.15, -0.1) is 0 Å². The first-order valence-corrected chi connectivity index (χ1v) is 8.33. The number of carbonyl (C=O) groups excluding carboxylic acids is 2. The van der Waals surface area contributed by atoms with E-state index in [2.05, 4.69) is 10.6 Å². The number of para-hydroxylation sites is 1. The van der Waals surface area contributed by atoms with Crippen LogP contribution in [0.25, 0.3) is 0 Å². The monoisotopic (exact) mass is 380 g/mol. The number of hydrogen-bond donors (Lipinski definition) is 2. The molecule has 0 spiro atoms. The molecule has 2 N–H and O–H groups in total. The molecule has 1 atom stereocenters. The van der Waals surface area contributed by atoms with Crippen LogP contribution in [-0.4, -0.2) is 25.5 Å². The zero-order valence-corrected chi connectivity index (χ0v) is 15.3. The Hall–Kier alpha value is -2.24. The SMILES string of the molecule is COc1ccccc1C(C)NC(=O)CNC(=O)c1ccc(Cl)cc1Cl. The Morgan fingerprint density at radius 1 is 1.16 bits per heavy atom. The van der Waals surface area contributed by atoms with E-state index in [1.54, 1.807) is 13.2 Å². The van der Waals surface area contributed by atoms with E-state index in [0.717, 1.165) is 5.56 Å². The lowest BCUT2D eigenvalue weighted by molar-refractivity contribution is -0.120. The van der Waals surface area contributed by atoms with Crippen LogP contribution in [0.2, 0.25) is 10.0 Å². The van der Waals surface area contributed by atoms with Gasteiger partial charge < -0.3 is 15.4 Å². The lowest BCUT2D eigenvalue weighted by Crippen LogP contribution is -2.38. The van der Waals surface area contributed by atoms with Crippen LogP contribution in [0.3, 0.4) is 0 Å². The highest BCUT2D eigenvalue weighted by Gasteiger charge is 2.15. The molecule has 2 amide bonds. The number of halogens is 2. The molecule has 0 fully saturated rings. The van der Waals surface area contributed by atoms with Crippen LogP contribution in [0, 0.1) is 0 Å². The summed E-state index contributed by atoms with van der Waals surface area (Å²) in [6.07, 6.45) is 0. The highest BCUT2D eigenvalue weighted by atomic mass is 35.5. The fourth-order valence-corrected chi connectivity index (χ4v) is 2.82. The van der Waals surface area contributed by atoms with Crippen molar-refractivity contribution in [2.24, 2.45) is 0 Å². The summed E-state index contributed by atoms with van der Waals surface area (Å²) in [4.78, 5) is 24.2. The van der Waals surface area contributed by atoms with Gasteiger partial charge >= 0.3 is 0 Å². The molecule has 2 aromatic carbocycles. The average Bonchev–Trinajstić information content (AvgIpc) is 2.59. The van der Waals surface area contributed by atoms with Crippen LogP contribution in [0.1, 0.15) is 28.9 Å². The largest absolute Gasteiger partial charge is 0.496 e. The summed E-state index contributed by atoms with van der Waals surface area (Å²) in [6.45, 7) is 1.67. The summed E-state index contributed by atoms with van der Waals surface area (Å²) in [5.41, 5.74) is 1.11. The lowest BCUT2D eigenvalue weighted by Gasteiger charge is -2.17. The Morgan fingerprint density at radius 3 is 2.56 bits per heavy atom. The van der Waals surface area contributed by atoms with Crippen LogP contribution in [0.15, 0.2) is 42.5 Å². The van der Waals surface area contributed by atoms with Crippen LogP contribution >= 0.6 is 23.2 Å². The zero-order valence-electron chi connectivity index (χ0n) is 13.8. The van der Waals surface area contributed by atoms with Crippen LogP contribution in [0.5, 0.6) is 5.75 Å². The van der Waals surface area contributed by atoms with Gasteiger partial charge in [-0.25, -0.2) is 0 Å². The summed E-state index contributed by atoms with van der Waals surface area (Å²) >= 11 is 11.8. The Kier molecular flexibility index (Phi) is 6.67. The third kappa shape index (κ3) is 5.11. The number of hydrogen-bond acceptors (Lipinski definition) is 3. The Morgan fingerprint density at radius 2 is 1.88 bits per heavy atom. The van der Waals surface area contributed by atoms with Crippen LogP contribution in [0.4, 0.5) is 0 Å². The van der Waals surface area contributed by atoms with Gasteiger partial charge in [-0.05, 0) is 31.2 Å². The summed E-state index contributed by atoms with van der Waals surface area (Å²) < 4.78 is 5.28. The minimum absolute atomic E-state index is 0.169. The first-order chi connectivity index (χ1) is 11.9. The van der Waals surface area contributed by atoms with E-state index in [9.17, 15) is 9.59 Å². The molecule has 0 bridgehead atoms. The van der Waals surface area contributed by atoms with Crippen LogP contribution < -0.4 is 15.4 Å². The van der Waals surface area contributed by atoms with Crippen molar-refractivity contribution in [1.82, 2.24) is 10.6 Å². The molecule has 5 nitrogen and oxygen atoms in total. The smallest absolute Gasteiger partial charge is 0.253 e. The number of carbonyl (C=O) groups is 2. The Bertz CT molecular complexity index is 781. The van der Waals surface area contributed by atoms with Gasteiger partial charge in [-0.1, -0.05) is 41.4 Å². The molecule has 0 aromatic heterocycles. The van der Waals surface area contributed by atoms with Gasteiger partial charge in [0.05, 0.1) is 30.3 Å². The molecule has 0 saturated heterocycles. The number of methoxy groups -OCH3 is 1. The van der Waals surface area contributed by atoms with E-state index >= 15 is 0 Å². The molecule has 2 rings (SSSR count).